The van der Waals surface area contributed by atoms with Crippen molar-refractivity contribution >= 4 is 5.91 Å². The lowest BCUT2D eigenvalue weighted by Crippen LogP contribution is -2.33. The van der Waals surface area contributed by atoms with Gasteiger partial charge in [0.05, 0.1) is 12.9 Å². The van der Waals surface area contributed by atoms with Gasteiger partial charge in [0.2, 0.25) is 11.7 Å². The molecule has 1 amide bonds. The molecule has 0 aliphatic carbocycles. The molecule has 0 unspecified atom stereocenters. The molecule has 0 aliphatic rings. The number of carbonyl (C=O) groups excluding carboxylic acids is 1. The summed E-state index contributed by atoms with van der Waals surface area (Å²) in [6, 6.07) is 0.461. The Hall–Kier alpha value is -2.46. The second-order valence-corrected chi connectivity index (χ2v) is 4.61. The number of alkyl halides is 5. The number of aryl methyl sites for hydroxylation is 1. The predicted octanol–water partition coefficient (Wildman–Crippen LogP) is 2.30. The number of aromatic nitrogens is 3. The number of imidazole rings is 1. The van der Waals surface area contributed by atoms with Crippen LogP contribution in [-0.2, 0) is 23.7 Å². The van der Waals surface area contributed by atoms with Crippen LogP contribution in [0.15, 0.2) is 23.1 Å². The number of aromatic amines is 1. The number of rotatable bonds is 6. The molecule has 0 bridgehead atoms. The summed E-state index contributed by atoms with van der Waals surface area (Å²) in [5.74, 6) is -7.18. The molecule has 11 heteroatoms. The summed E-state index contributed by atoms with van der Waals surface area (Å²) in [5, 5.41) is 5.44. The molecular weight excluding hydrogens is 327 g/mol. The van der Waals surface area contributed by atoms with Gasteiger partial charge in [-0.05, 0) is 6.42 Å². The van der Waals surface area contributed by atoms with Gasteiger partial charge < -0.3 is 14.8 Å². The van der Waals surface area contributed by atoms with E-state index in [4.69, 9.17) is 0 Å². The van der Waals surface area contributed by atoms with Crippen LogP contribution in [0, 0.1) is 0 Å². The Morgan fingerprint density at radius 3 is 2.65 bits per heavy atom. The number of nitrogens with zero attached hydrogens (tertiary/aromatic N) is 2. The Kier molecular flexibility index (Phi) is 4.66. The van der Waals surface area contributed by atoms with Gasteiger partial charge in [-0.25, -0.2) is 4.98 Å². The van der Waals surface area contributed by atoms with Crippen LogP contribution in [-0.4, -0.2) is 27.2 Å². The van der Waals surface area contributed by atoms with E-state index >= 15 is 0 Å². The summed E-state index contributed by atoms with van der Waals surface area (Å²) in [6.07, 6.45) is -2.33. The van der Waals surface area contributed by atoms with E-state index < -0.39 is 23.8 Å². The van der Waals surface area contributed by atoms with Gasteiger partial charge in [0.25, 0.3) is 0 Å². The van der Waals surface area contributed by atoms with Crippen molar-refractivity contribution in [3.63, 3.8) is 0 Å². The Morgan fingerprint density at radius 1 is 1.30 bits per heavy atom. The van der Waals surface area contributed by atoms with E-state index in [9.17, 15) is 26.7 Å². The quantitative estimate of drug-likeness (QED) is 0.792. The fourth-order valence-corrected chi connectivity index (χ4v) is 1.63. The van der Waals surface area contributed by atoms with Gasteiger partial charge in [0.15, 0.2) is 0 Å². The van der Waals surface area contributed by atoms with Crippen LogP contribution in [0.5, 0.6) is 0 Å². The molecule has 0 spiro atoms. The number of nitrogens with one attached hydrogen (secondary N) is 2. The summed E-state index contributed by atoms with van der Waals surface area (Å²) in [6.45, 7) is -0.320. The third kappa shape index (κ3) is 4.05. The second kappa shape index (κ2) is 6.34. The fraction of sp³-hybridized carbons (Fsp3) is 0.417. The van der Waals surface area contributed by atoms with Crippen LogP contribution in [0.1, 0.15) is 23.6 Å². The first-order valence-corrected chi connectivity index (χ1v) is 6.34. The number of carbonyl (C=O) groups is 1. The molecule has 0 aliphatic heterocycles. The molecule has 0 saturated heterocycles. The van der Waals surface area contributed by atoms with E-state index in [1.54, 1.807) is 0 Å². The lowest BCUT2D eigenvalue weighted by molar-refractivity contribution is -0.296. The van der Waals surface area contributed by atoms with Crippen molar-refractivity contribution in [3.05, 3.63) is 35.7 Å². The lowest BCUT2D eigenvalue weighted by Gasteiger charge is -2.15. The zero-order valence-electron chi connectivity index (χ0n) is 11.5. The largest absolute Gasteiger partial charge is 0.461 e. The van der Waals surface area contributed by atoms with E-state index in [1.807, 2.05) is 0 Å². The summed E-state index contributed by atoms with van der Waals surface area (Å²) in [7, 11) is 0. The minimum absolute atomic E-state index is 0.0889. The van der Waals surface area contributed by atoms with E-state index in [0.717, 1.165) is 5.69 Å². The second-order valence-electron chi connectivity index (χ2n) is 4.61. The molecule has 2 rings (SSSR count). The summed E-state index contributed by atoms with van der Waals surface area (Å²) in [4.78, 5) is 18.1. The molecule has 126 valence electrons. The average Bonchev–Trinajstić information content (AvgIpc) is 3.13. The van der Waals surface area contributed by atoms with E-state index in [-0.39, 0.29) is 18.7 Å². The first kappa shape index (κ1) is 16.9. The maximum Gasteiger partial charge on any atom is 0.461 e. The Labute approximate surface area is 126 Å². The van der Waals surface area contributed by atoms with Gasteiger partial charge in [-0.15, -0.1) is 0 Å². The van der Waals surface area contributed by atoms with Crippen molar-refractivity contribution < 1.29 is 31.3 Å². The first-order valence-electron chi connectivity index (χ1n) is 6.34. The molecule has 6 nitrogen and oxygen atoms in total. The van der Waals surface area contributed by atoms with Crippen molar-refractivity contribution in [1.29, 1.82) is 0 Å². The van der Waals surface area contributed by atoms with Gasteiger partial charge in [0.1, 0.15) is 5.69 Å². The third-order valence-electron chi connectivity index (χ3n) is 2.87. The van der Waals surface area contributed by atoms with Crippen LogP contribution in [0.25, 0.3) is 0 Å². The number of hydrogen-bond donors (Lipinski definition) is 2. The number of hydrogen-bond acceptors (Lipinski definition) is 4. The maximum atomic E-state index is 13.0. The summed E-state index contributed by atoms with van der Waals surface area (Å²) in [5.41, 5.74) is 0.493. The summed E-state index contributed by atoms with van der Waals surface area (Å²) < 4.78 is 66.5. The van der Waals surface area contributed by atoms with E-state index in [0.29, 0.717) is 12.5 Å². The van der Waals surface area contributed by atoms with Crippen molar-refractivity contribution in [2.45, 2.75) is 31.5 Å². The molecule has 0 aromatic carbocycles. The van der Waals surface area contributed by atoms with Crippen LogP contribution >= 0.6 is 0 Å². The van der Waals surface area contributed by atoms with Crippen molar-refractivity contribution in [3.8, 4) is 0 Å². The molecule has 2 aromatic heterocycles. The highest BCUT2D eigenvalue weighted by Gasteiger charge is 2.61. The van der Waals surface area contributed by atoms with E-state index in [2.05, 4.69) is 25.0 Å². The van der Waals surface area contributed by atoms with Gasteiger partial charge in [0, 0.05) is 24.4 Å². The highest BCUT2D eigenvalue weighted by Crippen LogP contribution is 2.43. The molecule has 23 heavy (non-hydrogen) atoms. The van der Waals surface area contributed by atoms with Crippen LogP contribution in [0.3, 0.4) is 0 Å². The normalized spacial score (nSPS) is 12.4. The van der Waals surface area contributed by atoms with Gasteiger partial charge in [-0.1, -0.05) is 5.16 Å². The molecule has 2 N–H and O–H groups in total. The van der Waals surface area contributed by atoms with Crippen molar-refractivity contribution in [1.82, 2.24) is 20.4 Å². The highest BCUT2D eigenvalue weighted by molar-refractivity contribution is 5.76. The molecular formula is C12H11F5N4O2. The van der Waals surface area contributed by atoms with Gasteiger partial charge >= 0.3 is 12.1 Å². The van der Waals surface area contributed by atoms with Crippen LogP contribution in [0.4, 0.5) is 22.0 Å². The topological polar surface area (TPSA) is 83.8 Å². The average molecular weight is 338 g/mol. The monoisotopic (exact) mass is 338 g/mol. The molecule has 2 heterocycles. The molecule has 0 fully saturated rings. The number of amides is 1. The van der Waals surface area contributed by atoms with Gasteiger partial charge in [-0.3, -0.25) is 4.79 Å². The van der Waals surface area contributed by atoms with Crippen molar-refractivity contribution in [2.75, 3.05) is 0 Å². The predicted molar refractivity (Wildman–Crippen MR) is 65.2 cm³/mol. The molecule has 0 radical (unpaired) electrons. The highest BCUT2D eigenvalue weighted by atomic mass is 19.4. The number of H-pyrrole nitrogens is 1. The first-order chi connectivity index (χ1) is 10.7. The number of halogens is 5. The minimum Gasteiger partial charge on any atom is -0.354 e. The van der Waals surface area contributed by atoms with E-state index in [1.165, 1.54) is 12.5 Å². The maximum absolute atomic E-state index is 13.0. The molecule has 0 atom stereocenters. The Bertz CT molecular complexity index is 651. The SMILES string of the molecule is O=C(CCc1cnc[nH]1)NCc1cc(C(F)(F)C(F)(F)F)on1. The zero-order chi connectivity index (χ0) is 17.1. The molecule has 0 saturated carbocycles. The third-order valence-corrected chi connectivity index (χ3v) is 2.87. The lowest BCUT2D eigenvalue weighted by atomic mass is 10.2. The van der Waals surface area contributed by atoms with Crippen LogP contribution in [0.2, 0.25) is 0 Å². The zero-order valence-corrected chi connectivity index (χ0v) is 11.5. The fourth-order valence-electron chi connectivity index (χ4n) is 1.63. The smallest absolute Gasteiger partial charge is 0.354 e. The summed E-state index contributed by atoms with van der Waals surface area (Å²) >= 11 is 0. The Morgan fingerprint density at radius 2 is 2.04 bits per heavy atom. The molecule has 2 aromatic rings. The van der Waals surface area contributed by atoms with Crippen molar-refractivity contribution in [2.24, 2.45) is 0 Å². The Balaban J connectivity index is 1.86. The van der Waals surface area contributed by atoms with Gasteiger partial charge in [-0.2, -0.15) is 22.0 Å². The standard InChI is InChI=1S/C12H11F5N4O2/c13-11(14,12(15,16)17)9-3-8(21-23-9)5-19-10(22)2-1-7-4-18-6-20-7/h3-4,6H,1-2,5H2,(H,18,20)(H,19,22). The van der Waals surface area contributed by atoms with Crippen LogP contribution < -0.4 is 5.32 Å². The minimum atomic E-state index is -5.78.